The fourth-order valence-corrected chi connectivity index (χ4v) is 2.00. The Balaban J connectivity index is 1.65. The number of hydroxylamine groups is 1. The number of carbonyl (C=O) groups excluding carboxylic acids is 1. The highest BCUT2D eigenvalue weighted by atomic mass is 127. The maximum absolute atomic E-state index is 11.5. The first-order chi connectivity index (χ1) is 9.24. The Kier molecular flexibility index (Phi) is 5.87. The van der Waals surface area contributed by atoms with Crippen molar-refractivity contribution in [1.82, 2.24) is 5.48 Å². The van der Waals surface area contributed by atoms with Crippen LogP contribution in [0, 0.1) is 3.57 Å². The minimum atomic E-state index is -0.337. The highest BCUT2D eigenvalue weighted by molar-refractivity contribution is 14.1. The highest BCUT2D eigenvalue weighted by Crippen LogP contribution is 2.14. The lowest BCUT2D eigenvalue weighted by molar-refractivity contribution is -0.201. The van der Waals surface area contributed by atoms with Crippen LogP contribution in [-0.2, 0) is 14.4 Å². The second kappa shape index (κ2) is 7.66. The van der Waals surface area contributed by atoms with Crippen molar-refractivity contribution in [1.29, 1.82) is 0 Å². The van der Waals surface area contributed by atoms with E-state index in [4.69, 9.17) is 14.3 Å². The smallest absolute Gasteiger partial charge is 0.281 e. The largest absolute Gasteiger partial charge is 0.484 e. The number of benzene rings is 1. The first-order valence-corrected chi connectivity index (χ1v) is 7.26. The Labute approximate surface area is 125 Å². The summed E-state index contributed by atoms with van der Waals surface area (Å²) < 4.78 is 11.8. The Morgan fingerprint density at radius 2 is 2.16 bits per heavy atom. The number of amides is 1. The summed E-state index contributed by atoms with van der Waals surface area (Å²) in [4.78, 5) is 16.7. The number of nitrogens with one attached hydrogen (secondary N) is 1. The van der Waals surface area contributed by atoms with Crippen LogP contribution in [0.2, 0.25) is 0 Å². The summed E-state index contributed by atoms with van der Waals surface area (Å²) in [5.74, 6) is 0.331. The average Bonchev–Trinajstić information content (AvgIpc) is 2.45. The molecule has 1 N–H and O–H groups in total. The van der Waals surface area contributed by atoms with Gasteiger partial charge in [-0.3, -0.25) is 4.79 Å². The fourth-order valence-electron chi connectivity index (χ4n) is 1.64. The number of rotatable bonds is 5. The predicted octanol–water partition coefficient (Wildman–Crippen LogP) is 2.24. The third-order valence-corrected chi connectivity index (χ3v) is 3.34. The molecule has 0 spiro atoms. The standard InChI is InChI=1S/C13H16INO4/c14-10-4-6-11(7-5-10)18-9-12(16)15-19-13-3-1-2-8-17-13/h4-7,13H,1-3,8-9H2,(H,15,16). The molecule has 104 valence electrons. The molecule has 2 rings (SSSR count). The summed E-state index contributed by atoms with van der Waals surface area (Å²) in [6.45, 7) is 0.604. The molecule has 1 fully saturated rings. The summed E-state index contributed by atoms with van der Waals surface area (Å²) in [5.41, 5.74) is 2.34. The number of carbonyl (C=O) groups is 1. The molecule has 0 saturated carbocycles. The molecule has 0 aliphatic carbocycles. The zero-order chi connectivity index (χ0) is 13.5. The van der Waals surface area contributed by atoms with Crippen LogP contribution in [0.25, 0.3) is 0 Å². The van der Waals surface area contributed by atoms with Crippen molar-refractivity contribution >= 4 is 28.5 Å². The van der Waals surface area contributed by atoms with E-state index in [1.165, 1.54) is 0 Å². The van der Waals surface area contributed by atoms with Gasteiger partial charge in [0.05, 0.1) is 0 Å². The Hall–Kier alpha value is -0.860. The van der Waals surface area contributed by atoms with Crippen LogP contribution in [-0.4, -0.2) is 25.4 Å². The lowest BCUT2D eigenvalue weighted by Gasteiger charge is -2.22. The van der Waals surface area contributed by atoms with Crippen molar-refractivity contribution in [3.8, 4) is 5.75 Å². The number of halogens is 1. The van der Waals surface area contributed by atoms with Gasteiger partial charge in [-0.25, -0.2) is 10.3 Å². The topological polar surface area (TPSA) is 56.8 Å². The van der Waals surface area contributed by atoms with Crippen molar-refractivity contribution in [3.05, 3.63) is 27.8 Å². The van der Waals surface area contributed by atoms with Crippen LogP contribution in [0.3, 0.4) is 0 Å². The van der Waals surface area contributed by atoms with Crippen LogP contribution < -0.4 is 10.2 Å². The predicted molar refractivity (Wildman–Crippen MR) is 77.5 cm³/mol. The first-order valence-electron chi connectivity index (χ1n) is 6.18. The van der Waals surface area contributed by atoms with Gasteiger partial charge in [0.2, 0.25) is 0 Å². The van der Waals surface area contributed by atoms with E-state index < -0.39 is 0 Å². The van der Waals surface area contributed by atoms with Gasteiger partial charge in [-0.1, -0.05) is 0 Å². The molecule has 6 heteroatoms. The number of hydrogen-bond acceptors (Lipinski definition) is 4. The normalized spacial score (nSPS) is 18.9. The molecule has 0 bridgehead atoms. The van der Waals surface area contributed by atoms with Crippen LogP contribution in [0.5, 0.6) is 5.75 Å². The lowest BCUT2D eigenvalue weighted by atomic mass is 10.2. The Bertz CT molecular complexity index is 404. The monoisotopic (exact) mass is 377 g/mol. The summed E-state index contributed by atoms with van der Waals surface area (Å²) in [5, 5.41) is 0. The number of hydrogen-bond donors (Lipinski definition) is 1. The van der Waals surface area contributed by atoms with Gasteiger partial charge in [-0.15, -0.1) is 0 Å². The lowest BCUT2D eigenvalue weighted by Crippen LogP contribution is -2.35. The van der Waals surface area contributed by atoms with Gasteiger partial charge in [0.15, 0.2) is 12.9 Å². The van der Waals surface area contributed by atoms with E-state index in [0.29, 0.717) is 12.4 Å². The maximum Gasteiger partial charge on any atom is 0.281 e. The molecular formula is C13H16INO4. The minimum absolute atomic E-state index is 0.0761. The van der Waals surface area contributed by atoms with Gasteiger partial charge in [-0.05, 0) is 59.7 Å². The maximum atomic E-state index is 11.5. The van der Waals surface area contributed by atoms with Crippen molar-refractivity contribution in [2.75, 3.05) is 13.2 Å². The van der Waals surface area contributed by atoms with E-state index in [1.807, 2.05) is 24.3 Å². The molecule has 0 radical (unpaired) electrons. The van der Waals surface area contributed by atoms with Crippen LogP contribution in [0.4, 0.5) is 0 Å². The molecule has 1 heterocycles. The zero-order valence-corrected chi connectivity index (χ0v) is 12.6. The minimum Gasteiger partial charge on any atom is -0.484 e. The molecule has 5 nitrogen and oxygen atoms in total. The van der Waals surface area contributed by atoms with E-state index in [0.717, 1.165) is 22.8 Å². The molecule has 1 aromatic rings. The Morgan fingerprint density at radius 3 is 2.84 bits per heavy atom. The van der Waals surface area contributed by atoms with Crippen molar-refractivity contribution in [2.45, 2.75) is 25.6 Å². The van der Waals surface area contributed by atoms with Crippen LogP contribution >= 0.6 is 22.6 Å². The van der Waals surface area contributed by atoms with Crippen LogP contribution in [0.1, 0.15) is 19.3 Å². The summed E-state index contributed by atoms with van der Waals surface area (Å²) >= 11 is 2.21. The van der Waals surface area contributed by atoms with Gasteiger partial charge in [0, 0.05) is 16.6 Å². The van der Waals surface area contributed by atoms with Gasteiger partial charge < -0.3 is 9.47 Å². The third-order valence-electron chi connectivity index (χ3n) is 2.63. The SMILES string of the molecule is O=C(COc1ccc(I)cc1)NOC1CCCCO1. The van der Waals surface area contributed by atoms with Gasteiger partial charge in [-0.2, -0.15) is 0 Å². The molecule has 0 aromatic heterocycles. The molecule has 1 amide bonds. The third kappa shape index (κ3) is 5.33. The van der Waals surface area contributed by atoms with Crippen LogP contribution in [0.15, 0.2) is 24.3 Å². The van der Waals surface area contributed by atoms with E-state index in [2.05, 4.69) is 28.1 Å². The number of ether oxygens (including phenoxy) is 2. The van der Waals surface area contributed by atoms with Gasteiger partial charge >= 0.3 is 0 Å². The van der Waals surface area contributed by atoms with E-state index in [-0.39, 0.29) is 18.8 Å². The van der Waals surface area contributed by atoms with Crippen molar-refractivity contribution in [2.24, 2.45) is 0 Å². The van der Waals surface area contributed by atoms with Gasteiger partial charge in [0.25, 0.3) is 5.91 Å². The molecule has 1 aliphatic rings. The first kappa shape index (κ1) is 14.5. The second-order valence-corrected chi connectivity index (χ2v) is 5.43. The molecular weight excluding hydrogens is 361 g/mol. The zero-order valence-electron chi connectivity index (χ0n) is 10.4. The molecule has 1 aromatic carbocycles. The summed E-state index contributed by atoms with van der Waals surface area (Å²) in [6.07, 6.45) is 2.57. The van der Waals surface area contributed by atoms with E-state index >= 15 is 0 Å². The molecule has 1 atom stereocenters. The quantitative estimate of drug-likeness (QED) is 0.632. The molecule has 1 aliphatic heterocycles. The highest BCUT2D eigenvalue weighted by Gasteiger charge is 2.15. The Morgan fingerprint density at radius 1 is 1.37 bits per heavy atom. The van der Waals surface area contributed by atoms with E-state index in [1.54, 1.807) is 0 Å². The second-order valence-electron chi connectivity index (χ2n) is 4.18. The van der Waals surface area contributed by atoms with E-state index in [9.17, 15) is 4.79 Å². The van der Waals surface area contributed by atoms with Gasteiger partial charge in [0.1, 0.15) is 5.75 Å². The summed E-state index contributed by atoms with van der Waals surface area (Å²) in [7, 11) is 0. The van der Waals surface area contributed by atoms with Crippen molar-refractivity contribution < 1.29 is 19.1 Å². The summed E-state index contributed by atoms with van der Waals surface area (Å²) in [6, 6.07) is 7.47. The molecule has 19 heavy (non-hydrogen) atoms. The average molecular weight is 377 g/mol. The molecule has 1 unspecified atom stereocenters. The fraction of sp³-hybridized carbons (Fsp3) is 0.462. The molecule has 1 saturated heterocycles. The van der Waals surface area contributed by atoms with Crippen molar-refractivity contribution in [3.63, 3.8) is 0 Å².